The van der Waals surface area contributed by atoms with E-state index < -0.39 is 0 Å². The van der Waals surface area contributed by atoms with E-state index in [0.29, 0.717) is 17.0 Å². The molecule has 3 rings (SSSR count). The lowest BCUT2D eigenvalue weighted by Gasteiger charge is -2.35. The summed E-state index contributed by atoms with van der Waals surface area (Å²) in [5, 5.41) is 10.9. The van der Waals surface area contributed by atoms with Crippen LogP contribution >= 0.6 is 11.8 Å². The third-order valence-electron chi connectivity index (χ3n) is 5.79. The molecule has 4 atom stereocenters. The number of nitrogens with one attached hydrogen (secondary N) is 2. The molecule has 2 N–H and O–H groups in total. The summed E-state index contributed by atoms with van der Waals surface area (Å²) in [6.45, 7) is 8.59. The van der Waals surface area contributed by atoms with Gasteiger partial charge in [0.05, 0.1) is 5.25 Å². The SMILES string of the molecule is CCc1ccc(-c2nc(S[C@H](C)C(=O)N[C@H]3CCC[C@H](C)[C@@H]3C)n[nH]2)cc1. The normalized spacial score (nSPS) is 23.8. The maximum atomic E-state index is 12.6. The molecule has 0 radical (unpaired) electrons. The molecule has 1 aliphatic rings. The van der Waals surface area contributed by atoms with Crippen LogP contribution in [-0.4, -0.2) is 32.4 Å². The highest BCUT2D eigenvalue weighted by atomic mass is 32.2. The van der Waals surface area contributed by atoms with Gasteiger partial charge in [0, 0.05) is 11.6 Å². The van der Waals surface area contributed by atoms with Crippen molar-refractivity contribution in [1.82, 2.24) is 20.5 Å². The molecule has 0 aliphatic heterocycles. The van der Waals surface area contributed by atoms with Crippen molar-refractivity contribution in [2.45, 2.75) is 69.8 Å². The number of thioether (sulfide) groups is 1. The van der Waals surface area contributed by atoms with Crippen LogP contribution < -0.4 is 5.32 Å². The van der Waals surface area contributed by atoms with Crippen LogP contribution in [0.15, 0.2) is 29.4 Å². The van der Waals surface area contributed by atoms with E-state index in [-0.39, 0.29) is 17.2 Å². The quantitative estimate of drug-likeness (QED) is 0.719. The second kappa shape index (κ2) is 8.91. The summed E-state index contributed by atoms with van der Waals surface area (Å²) in [5.41, 5.74) is 2.30. The fraction of sp³-hybridized carbons (Fsp3) is 0.571. The van der Waals surface area contributed by atoms with Crippen LogP contribution in [0.3, 0.4) is 0 Å². The summed E-state index contributed by atoms with van der Waals surface area (Å²) in [6.07, 6.45) is 4.55. The maximum Gasteiger partial charge on any atom is 0.233 e. The van der Waals surface area contributed by atoms with Crippen molar-refractivity contribution < 1.29 is 4.79 Å². The molecule has 146 valence electrons. The number of hydrogen-bond donors (Lipinski definition) is 2. The lowest BCUT2D eigenvalue weighted by Crippen LogP contribution is -2.46. The maximum absolute atomic E-state index is 12.6. The smallest absolute Gasteiger partial charge is 0.233 e. The van der Waals surface area contributed by atoms with Crippen LogP contribution in [0.4, 0.5) is 0 Å². The first kappa shape index (κ1) is 19.9. The second-order valence-electron chi connectivity index (χ2n) is 7.66. The first-order valence-electron chi connectivity index (χ1n) is 9.96. The molecule has 1 fully saturated rings. The van der Waals surface area contributed by atoms with Gasteiger partial charge in [-0.1, -0.05) is 69.6 Å². The van der Waals surface area contributed by atoms with Crippen LogP contribution in [-0.2, 0) is 11.2 Å². The number of H-pyrrole nitrogens is 1. The van der Waals surface area contributed by atoms with Crippen LogP contribution in [0.1, 0.15) is 52.5 Å². The van der Waals surface area contributed by atoms with E-state index in [2.05, 4.69) is 65.5 Å². The minimum atomic E-state index is -0.222. The molecule has 1 aromatic heterocycles. The van der Waals surface area contributed by atoms with Crippen LogP contribution in [0.2, 0.25) is 0 Å². The second-order valence-corrected chi connectivity index (χ2v) is 8.97. The molecule has 1 heterocycles. The molecule has 0 bridgehead atoms. The molecule has 0 unspecified atom stereocenters. The summed E-state index contributed by atoms with van der Waals surface area (Å²) in [4.78, 5) is 17.2. The number of benzene rings is 1. The molecule has 27 heavy (non-hydrogen) atoms. The molecule has 1 amide bonds. The number of aromatic nitrogens is 3. The van der Waals surface area contributed by atoms with Gasteiger partial charge < -0.3 is 5.32 Å². The molecule has 5 nitrogen and oxygen atoms in total. The first-order valence-corrected chi connectivity index (χ1v) is 10.8. The Bertz CT molecular complexity index is 758. The minimum Gasteiger partial charge on any atom is -0.352 e. The summed E-state index contributed by atoms with van der Waals surface area (Å²) >= 11 is 1.40. The Hall–Kier alpha value is -1.82. The Morgan fingerprint density at radius 3 is 2.74 bits per heavy atom. The zero-order valence-electron chi connectivity index (χ0n) is 16.7. The Kier molecular flexibility index (Phi) is 6.58. The van der Waals surface area contributed by atoms with Crippen molar-refractivity contribution >= 4 is 17.7 Å². The van der Waals surface area contributed by atoms with Crippen molar-refractivity contribution in [3.05, 3.63) is 29.8 Å². The molecular formula is C21H30N4OS. The van der Waals surface area contributed by atoms with Crippen LogP contribution in [0, 0.1) is 11.8 Å². The van der Waals surface area contributed by atoms with Crippen molar-refractivity contribution in [2.75, 3.05) is 0 Å². The molecule has 1 aromatic carbocycles. The Labute approximate surface area is 166 Å². The number of aryl methyl sites for hydroxylation is 1. The topological polar surface area (TPSA) is 70.7 Å². The van der Waals surface area contributed by atoms with Gasteiger partial charge in [-0.15, -0.1) is 5.10 Å². The zero-order chi connectivity index (χ0) is 19.4. The zero-order valence-corrected chi connectivity index (χ0v) is 17.5. The molecule has 0 saturated heterocycles. The number of hydrogen-bond acceptors (Lipinski definition) is 4. The summed E-state index contributed by atoms with van der Waals surface area (Å²) in [5.74, 6) is 2.01. The average Bonchev–Trinajstić information content (AvgIpc) is 3.14. The minimum absolute atomic E-state index is 0.0737. The van der Waals surface area contributed by atoms with Gasteiger partial charge in [0.1, 0.15) is 0 Å². The van der Waals surface area contributed by atoms with Gasteiger partial charge in [-0.05, 0) is 37.2 Å². The largest absolute Gasteiger partial charge is 0.352 e. The van der Waals surface area contributed by atoms with Gasteiger partial charge in [0.15, 0.2) is 5.82 Å². The third kappa shape index (κ3) is 4.92. The van der Waals surface area contributed by atoms with E-state index in [9.17, 15) is 4.79 Å². The average molecular weight is 387 g/mol. The van der Waals surface area contributed by atoms with Crippen molar-refractivity contribution in [2.24, 2.45) is 11.8 Å². The first-order chi connectivity index (χ1) is 13.0. The van der Waals surface area contributed by atoms with E-state index in [0.717, 1.165) is 24.2 Å². The summed E-state index contributed by atoms with van der Waals surface area (Å²) in [6, 6.07) is 8.59. The number of nitrogens with zero attached hydrogens (tertiary/aromatic N) is 2. The Morgan fingerprint density at radius 1 is 1.30 bits per heavy atom. The number of aromatic amines is 1. The van der Waals surface area contributed by atoms with E-state index in [4.69, 9.17) is 0 Å². The Morgan fingerprint density at radius 2 is 2.04 bits per heavy atom. The Balaban J connectivity index is 1.58. The van der Waals surface area contributed by atoms with Gasteiger partial charge >= 0.3 is 0 Å². The van der Waals surface area contributed by atoms with Gasteiger partial charge in [0.2, 0.25) is 11.1 Å². The van der Waals surface area contributed by atoms with Gasteiger partial charge in [-0.2, -0.15) is 0 Å². The van der Waals surface area contributed by atoms with E-state index in [1.807, 2.05) is 6.92 Å². The van der Waals surface area contributed by atoms with Crippen molar-refractivity contribution in [3.8, 4) is 11.4 Å². The predicted molar refractivity (Wildman–Crippen MR) is 111 cm³/mol. The number of amides is 1. The molecular weight excluding hydrogens is 356 g/mol. The monoisotopic (exact) mass is 386 g/mol. The van der Waals surface area contributed by atoms with Crippen LogP contribution in [0.25, 0.3) is 11.4 Å². The van der Waals surface area contributed by atoms with Crippen molar-refractivity contribution in [1.29, 1.82) is 0 Å². The molecule has 6 heteroatoms. The summed E-state index contributed by atoms with van der Waals surface area (Å²) < 4.78 is 0. The lowest BCUT2D eigenvalue weighted by molar-refractivity contribution is -0.121. The molecule has 0 spiro atoms. The molecule has 1 aliphatic carbocycles. The van der Waals surface area contributed by atoms with Gasteiger partial charge in [-0.25, -0.2) is 4.98 Å². The van der Waals surface area contributed by atoms with Crippen molar-refractivity contribution in [3.63, 3.8) is 0 Å². The standard InChI is InChI=1S/C21H30N4OS/c1-5-16-9-11-17(12-10-16)19-23-21(25-24-19)27-15(4)20(26)22-18-8-6-7-13(2)14(18)3/h9-15,18H,5-8H2,1-4H3,(H,22,26)(H,23,24,25)/t13-,14-,15+,18-/m0/s1. The van der Waals surface area contributed by atoms with Gasteiger partial charge in [-0.3, -0.25) is 9.89 Å². The summed E-state index contributed by atoms with van der Waals surface area (Å²) in [7, 11) is 0. The van der Waals surface area contributed by atoms with E-state index >= 15 is 0 Å². The highest BCUT2D eigenvalue weighted by Gasteiger charge is 2.29. The van der Waals surface area contributed by atoms with Gasteiger partial charge in [0.25, 0.3) is 0 Å². The van der Waals surface area contributed by atoms with E-state index in [1.54, 1.807) is 0 Å². The van der Waals surface area contributed by atoms with Crippen LogP contribution in [0.5, 0.6) is 0 Å². The highest BCUT2D eigenvalue weighted by Crippen LogP contribution is 2.30. The lowest BCUT2D eigenvalue weighted by atomic mass is 9.78. The predicted octanol–water partition coefficient (Wildman–Crippen LogP) is 4.46. The molecule has 2 aromatic rings. The highest BCUT2D eigenvalue weighted by molar-refractivity contribution is 8.00. The van der Waals surface area contributed by atoms with E-state index in [1.165, 1.54) is 30.2 Å². The number of rotatable bonds is 6. The fourth-order valence-corrected chi connectivity index (χ4v) is 4.36. The third-order valence-corrected chi connectivity index (χ3v) is 6.75. The number of carbonyl (C=O) groups is 1. The fourth-order valence-electron chi connectivity index (χ4n) is 3.62. The molecule has 1 saturated carbocycles. The number of carbonyl (C=O) groups excluding carboxylic acids is 1.